The maximum Gasteiger partial charge on any atom is 0.404 e. The summed E-state index contributed by atoms with van der Waals surface area (Å²) < 4.78 is 11.4. The van der Waals surface area contributed by atoms with Crippen LogP contribution >= 0.6 is 0 Å². The van der Waals surface area contributed by atoms with Crippen LogP contribution in [0.3, 0.4) is 0 Å². The lowest BCUT2D eigenvalue weighted by atomic mass is 9.99. The smallest absolute Gasteiger partial charge is 0.404 e. The van der Waals surface area contributed by atoms with Crippen LogP contribution < -0.4 is 42.8 Å². The number of benzene rings is 5. The third-order valence-electron chi connectivity index (χ3n) is 13.3. The lowest BCUT2D eigenvalue weighted by molar-refractivity contribution is -0.143. The third-order valence-corrected chi connectivity index (χ3v) is 13.3. The van der Waals surface area contributed by atoms with Crippen molar-refractivity contribution in [3.8, 4) is 5.75 Å². The molecular formula is C56H61N9O9. The zero-order valence-electron chi connectivity index (χ0n) is 40.7. The molecule has 0 spiro atoms. The van der Waals surface area contributed by atoms with Gasteiger partial charge < -0.3 is 57.4 Å². The van der Waals surface area contributed by atoms with E-state index in [0.717, 1.165) is 16.5 Å². The van der Waals surface area contributed by atoms with Gasteiger partial charge in [-0.2, -0.15) is 0 Å². The molecule has 1 unspecified atom stereocenters. The van der Waals surface area contributed by atoms with E-state index in [0.29, 0.717) is 54.0 Å². The average Bonchev–Trinajstić information content (AvgIpc) is 4.03. The van der Waals surface area contributed by atoms with E-state index in [1.54, 1.807) is 91.1 Å². The summed E-state index contributed by atoms with van der Waals surface area (Å²) in [4.78, 5) is 106. The Bertz CT molecular complexity index is 2900. The van der Waals surface area contributed by atoms with E-state index in [2.05, 4.69) is 31.6 Å². The number of nitrogens with two attached hydrogens (primary N) is 2. The largest absolute Gasteiger partial charge is 0.489 e. The number of hydrogen-bond donors (Lipinski definition) is 8. The lowest BCUT2D eigenvalue weighted by Crippen LogP contribution is -2.61. The van der Waals surface area contributed by atoms with Crippen molar-refractivity contribution in [1.29, 1.82) is 0 Å². The highest BCUT2D eigenvalue weighted by atomic mass is 16.6. The summed E-state index contributed by atoms with van der Waals surface area (Å²) >= 11 is 0. The van der Waals surface area contributed by atoms with Crippen molar-refractivity contribution in [1.82, 2.24) is 36.5 Å². The fourth-order valence-electron chi connectivity index (χ4n) is 9.44. The highest BCUT2D eigenvalue weighted by Crippen LogP contribution is 2.26. The fourth-order valence-corrected chi connectivity index (χ4v) is 9.44. The molecule has 7 amide bonds. The van der Waals surface area contributed by atoms with Crippen LogP contribution in [0.5, 0.6) is 5.75 Å². The second-order valence-corrected chi connectivity index (χ2v) is 18.6. The molecule has 384 valence electrons. The number of carbonyl (C=O) groups is 7. The summed E-state index contributed by atoms with van der Waals surface area (Å²) in [6.45, 7) is 0.359. The minimum absolute atomic E-state index is 0.0376. The van der Waals surface area contributed by atoms with E-state index < -0.39 is 83.9 Å². The van der Waals surface area contributed by atoms with Crippen molar-refractivity contribution in [3.05, 3.63) is 174 Å². The van der Waals surface area contributed by atoms with Gasteiger partial charge in [-0.25, -0.2) is 4.79 Å². The van der Waals surface area contributed by atoms with Crippen molar-refractivity contribution in [2.75, 3.05) is 13.1 Å². The first kappa shape index (κ1) is 51.8. The van der Waals surface area contributed by atoms with Gasteiger partial charge >= 0.3 is 6.09 Å². The molecule has 1 aromatic heterocycles. The summed E-state index contributed by atoms with van der Waals surface area (Å²) in [5.74, 6) is -3.80. The topological polar surface area (TPSA) is 269 Å². The maximum atomic E-state index is 15.1. The van der Waals surface area contributed by atoms with Crippen LogP contribution in [0.2, 0.25) is 0 Å². The molecule has 0 radical (unpaired) electrons. The van der Waals surface area contributed by atoms with E-state index in [1.807, 2.05) is 54.6 Å². The molecule has 3 heterocycles. The predicted octanol–water partition coefficient (Wildman–Crippen LogP) is 3.78. The Kier molecular flexibility index (Phi) is 17.3. The normalized spacial score (nSPS) is 22.0. The van der Waals surface area contributed by atoms with Crippen LogP contribution in [-0.4, -0.2) is 101 Å². The second-order valence-electron chi connectivity index (χ2n) is 18.6. The predicted molar refractivity (Wildman–Crippen MR) is 276 cm³/mol. The molecule has 18 heteroatoms. The number of H-pyrrole nitrogens is 1. The molecule has 2 aliphatic rings. The number of ether oxygens (including phenoxy) is 2. The van der Waals surface area contributed by atoms with Crippen LogP contribution in [0.15, 0.2) is 146 Å². The van der Waals surface area contributed by atoms with Gasteiger partial charge in [0, 0.05) is 42.8 Å². The van der Waals surface area contributed by atoms with Gasteiger partial charge in [-0.05, 0) is 71.8 Å². The van der Waals surface area contributed by atoms with Gasteiger partial charge in [0.2, 0.25) is 35.4 Å². The zero-order chi connectivity index (χ0) is 52.0. The van der Waals surface area contributed by atoms with Crippen molar-refractivity contribution >= 4 is 52.4 Å². The third kappa shape index (κ3) is 13.5. The minimum atomic E-state index is -1.41. The number of nitrogens with one attached hydrogen (secondary N) is 6. The zero-order valence-corrected chi connectivity index (χ0v) is 40.7. The van der Waals surface area contributed by atoms with Crippen molar-refractivity contribution < 1.29 is 43.0 Å². The number of para-hydroxylation sites is 1. The van der Waals surface area contributed by atoms with Crippen molar-refractivity contribution in [3.63, 3.8) is 0 Å². The molecule has 74 heavy (non-hydrogen) atoms. The Hall–Kier alpha value is -8.51. The molecule has 2 saturated heterocycles. The molecular weight excluding hydrogens is 943 g/mol. The number of fused-ring (bicyclic) bond motifs is 2. The highest BCUT2D eigenvalue weighted by Gasteiger charge is 2.45. The maximum absolute atomic E-state index is 15.1. The Morgan fingerprint density at radius 1 is 0.581 bits per heavy atom. The molecule has 18 nitrogen and oxygen atoms in total. The standard InChI is InChI=1S/C56H61N9O9/c57-27-13-12-22-44-50(66)61-45(28-36-23-25-40(26-24-36)73-34-37-16-6-2-7-17-37)51(67)63-47(29-35-14-4-1-5-15-35)55(71)65-33-41(74-56(58)72)31-48(65)53(69)64-49(38-18-8-3-9-19-38)54(70)62-46(52(68)60-44)30-39-32-59-43-21-11-10-20-42(39)43/h1-11,14-21,23-26,32,41,44-49,59H,12-13,22,27-31,33-34,57H2,(H2,58,72)(H,60,68)(H,61,66)(H,62,70)(H,63,67)(H,64,69)/t41-,44+,45?,46-,47+,48+,49+/m1/s1. The molecule has 0 bridgehead atoms. The van der Waals surface area contributed by atoms with Crippen LogP contribution in [0.4, 0.5) is 4.79 Å². The van der Waals surface area contributed by atoms with Gasteiger partial charge in [0.15, 0.2) is 0 Å². The summed E-state index contributed by atoms with van der Waals surface area (Å²) in [5.41, 5.74) is 15.5. The van der Waals surface area contributed by atoms with E-state index in [1.165, 1.54) is 4.90 Å². The number of nitrogens with zero attached hydrogens (tertiary/aromatic N) is 1. The summed E-state index contributed by atoms with van der Waals surface area (Å²) in [6, 6.07) is 33.5. The van der Waals surface area contributed by atoms with Gasteiger partial charge in [-0.15, -0.1) is 0 Å². The number of carbonyl (C=O) groups excluding carboxylic acids is 7. The number of aromatic nitrogens is 1. The Morgan fingerprint density at radius 3 is 1.84 bits per heavy atom. The first-order valence-corrected chi connectivity index (χ1v) is 24.8. The Morgan fingerprint density at radius 2 is 1.15 bits per heavy atom. The molecule has 6 aromatic rings. The number of rotatable bonds is 15. The monoisotopic (exact) mass is 1000 g/mol. The quantitative estimate of drug-likeness (QED) is 0.0690. The van der Waals surface area contributed by atoms with Crippen LogP contribution in [-0.2, 0) is 59.4 Å². The van der Waals surface area contributed by atoms with Crippen LogP contribution in [0.1, 0.15) is 59.5 Å². The number of unbranched alkanes of at least 4 members (excludes halogenated alkanes) is 1. The minimum Gasteiger partial charge on any atom is -0.489 e. The van der Waals surface area contributed by atoms with E-state index in [-0.39, 0.29) is 38.6 Å². The van der Waals surface area contributed by atoms with Crippen molar-refractivity contribution in [2.45, 2.75) is 93.9 Å². The number of hydrogen-bond acceptors (Lipinski definition) is 10. The van der Waals surface area contributed by atoms with Gasteiger partial charge in [0.25, 0.3) is 0 Å². The van der Waals surface area contributed by atoms with E-state index in [9.17, 15) is 28.8 Å². The summed E-state index contributed by atoms with van der Waals surface area (Å²) in [5, 5.41) is 15.2. The Balaban J connectivity index is 1.19. The average molecular weight is 1000 g/mol. The molecule has 8 rings (SSSR count). The second kappa shape index (κ2) is 24.7. The van der Waals surface area contributed by atoms with E-state index >= 15 is 4.79 Å². The molecule has 0 aliphatic carbocycles. The molecule has 5 aromatic carbocycles. The van der Waals surface area contributed by atoms with Crippen LogP contribution in [0, 0.1) is 0 Å². The SMILES string of the molecule is NCCCC[C@@H]1NC(=O)[C@@H](Cc2c[nH]c3ccccc23)NC(=O)[C@H](c2ccccc2)NC(=O)[C@@H]2C[C@@H](OC(N)=O)CN2C(=O)[C@H](Cc2ccccc2)NC(=O)C(Cc2ccc(OCc3ccccc3)cc2)NC1=O. The first-order chi connectivity index (χ1) is 35.9. The highest BCUT2D eigenvalue weighted by molar-refractivity contribution is 5.99. The molecule has 2 fully saturated rings. The number of aromatic amines is 1. The molecule has 10 N–H and O–H groups in total. The van der Waals surface area contributed by atoms with Gasteiger partial charge in [0.05, 0.1) is 6.54 Å². The number of primary amides is 1. The fraction of sp³-hybridized carbons (Fsp3) is 0.304. The Labute approximate surface area is 428 Å². The summed E-state index contributed by atoms with van der Waals surface area (Å²) in [7, 11) is 0. The molecule has 0 saturated carbocycles. The lowest BCUT2D eigenvalue weighted by Gasteiger charge is -2.32. The van der Waals surface area contributed by atoms with Crippen molar-refractivity contribution in [2.24, 2.45) is 11.5 Å². The van der Waals surface area contributed by atoms with E-state index in [4.69, 9.17) is 20.9 Å². The summed E-state index contributed by atoms with van der Waals surface area (Å²) in [6.07, 6.45) is 0.292. The van der Waals surface area contributed by atoms with Gasteiger partial charge in [0.1, 0.15) is 54.7 Å². The number of amides is 7. The molecule has 7 atom stereocenters. The van der Waals surface area contributed by atoms with Crippen LogP contribution in [0.25, 0.3) is 10.9 Å². The van der Waals surface area contributed by atoms with Gasteiger partial charge in [-0.1, -0.05) is 121 Å². The first-order valence-electron chi connectivity index (χ1n) is 24.8. The molecule has 2 aliphatic heterocycles. The van der Waals surface area contributed by atoms with Gasteiger partial charge in [-0.3, -0.25) is 28.8 Å².